The first-order valence-electron chi connectivity index (χ1n) is 6.29. The standard InChI is InChI=1S/C12H25NO2S/c1-9(2)8-11-12(10(3)4)16(14,15)7-5-6-13-11/h9-13H,5-8H2,1-4H3. The molecule has 1 saturated heterocycles. The van der Waals surface area contributed by atoms with Crippen LogP contribution in [0.4, 0.5) is 0 Å². The third kappa shape index (κ3) is 3.45. The Morgan fingerprint density at radius 1 is 1.25 bits per heavy atom. The summed E-state index contributed by atoms with van der Waals surface area (Å²) in [5.41, 5.74) is 0. The van der Waals surface area contributed by atoms with Gasteiger partial charge in [0.05, 0.1) is 11.0 Å². The van der Waals surface area contributed by atoms with E-state index in [1.165, 1.54) is 0 Å². The fourth-order valence-electron chi connectivity index (χ4n) is 2.67. The zero-order valence-corrected chi connectivity index (χ0v) is 11.7. The van der Waals surface area contributed by atoms with Crippen molar-refractivity contribution in [2.45, 2.75) is 51.8 Å². The van der Waals surface area contributed by atoms with Crippen molar-refractivity contribution in [3.8, 4) is 0 Å². The predicted octanol–water partition coefficient (Wildman–Crippen LogP) is 1.83. The van der Waals surface area contributed by atoms with Crippen molar-refractivity contribution in [1.29, 1.82) is 0 Å². The van der Waals surface area contributed by atoms with Gasteiger partial charge in [0.2, 0.25) is 0 Å². The second kappa shape index (κ2) is 5.50. The van der Waals surface area contributed by atoms with Crippen LogP contribution in [-0.2, 0) is 9.84 Å². The summed E-state index contributed by atoms with van der Waals surface area (Å²) >= 11 is 0. The van der Waals surface area contributed by atoms with Crippen LogP contribution in [0, 0.1) is 11.8 Å². The van der Waals surface area contributed by atoms with Crippen LogP contribution in [0.1, 0.15) is 40.5 Å². The van der Waals surface area contributed by atoms with Crippen LogP contribution in [0.2, 0.25) is 0 Å². The van der Waals surface area contributed by atoms with E-state index in [4.69, 9.17) is 0 Å². The van der Waals surface area contributed by atoms with Crippen LogP contribution in [0.5, 0.6) is 0 Å². The Morgan fingerprint density at radius 3 is 2.38 bits per heavy atom. The molecule has 3 nitrogen and oxygen atoms in total. The molecule has 16 heavy (non-hydrogen) atoms. The van der Waals surface area contributed by atoms with Gasteiger partial charge in [-0.25, -0.2) is 8.42 Å². The first kappa shape index (κ1) is 14.0. The molecule has 0 saturated carbocycles. The van der Waals surface area contributed by atoms with Crippen LogP contribution in [0.25, 0.3) is 0 Å². The molecule has 1 N–H and O–H groups in total. The van der Waals surface area contributed by atoms with Crippen molar-refractivity contribution in [3.63, 3.8) is 0 Å². The van der Waals surface area contributed by atoms with Gasteiger partial charge >= 0.3 is 0 Å². The molecule has 0 aliphatic carbocycles. The Balaban J connectivity index is 2.93. The highest BCUT2D eigenvalue weighted by molar-refractivity contribution is 7.92. The Morgan fingerprint density at radius 2 is 1.88 bits per heavy atom. The molecular formula is C12H25NO2S. The molecule has 0 spiro atoms. The van der Waals surface area contributed by atoms with Crippen molar-refractivity contribution in [1.82, 2.24) is 5.32 Å². The second-order valence-electron chi connectivity index (χ2n) is 5.62. The highest BCUT2D eigenvalue weighted by Crippen LogP contribution is 2.24. The van der Waals surface area contributed by atoms with Gasteiger partial charge in [-0.2, -0.15) is 0 Å². The van der Waals surface area contributed by atoms with Gasteiger partial charge in [0.1, 0.15) is 0 Å². The summed E-state index contributed by atoms with van der Waals surface area (Å²) in [6.07, 6.45) is 1.70. The summed E-state index contributed by atoms with van der Waals surface area (Å²) in [4.78, 5) is 0. The van der Waals surface area contributed by atoms with E-state index in [9.17, 15) is 8.42 Å². The monoisotopic (exact) mass is 247 g/mol. The summed E-state index contributed by atoms with van der Waals surface area (Å²) in [5.74, 6) is 1.07. The lowest BCUT2D eigenvalue weighted by Gasteiger charge is -2.29. The average Bonchev–Trinajstić information content (AvgIpc) is 2.22. The zero-order chi connectivity index (χ0) is 12.3. The normalized spacial score (nSPS) is 30.6. The minimum Gasteiger partial charge on any atom is -0.313 e. The maximum Gasteiger partial charge on any atom is 0.154 e. The van der Waals surface area contributed by atoms with Crippen molar-refractivity contribution in [2.24, 2.45) is 11.8 Å². The Labute approximate surface area is 99.9 Å². The lowest BCUT2D eigenvalue weighted by Crippen LogP contribution is -2.46. The van der Waals surface area contributed by atoms with E-state index >= 15 is 0 Å². The van der Waals surface area contributed by atoms with Gasteiger partial charge in [-0.15, -0.1) is 0 Å². The molecule has 0 aromatic rings. The highest BCUT2D eigenvalue weighted by Gasteiger charge is 2.37. The van der Waals surface area contributed by atoms with E-state index in [1.807, 2.05) is 13.8 Å². The molecule has 0 aromatic carbocycles. The Hall–Kier alpha value is -0.0900. The van der Waals surface area contributed by atoms with Crippen LogP contribution < -0.4 is 5.32 Å². The van der Waals surface area contributed by atoms with Crippen LogP contribution in [0.15, 0.2) is 0 Å². The molecule has 1 aliphatic rings. The summed E-state index contributed by atoms with van der Waals surface area (Å²) in [6.45, 7) is 9.16. The van der Waals surface area contributed by atoms with E-state index in [0.717, 1.165) is 19.4 Å². The zero-order valence-electron chi connectivity index (χ0n) is 10.9. The fraction of sp³-hybridized carbons (Fsp3) is 1.00. The van der Waals surface area contributed by atoms with Gasteiger partial charge in [-0.05, 0) is 31.2 Å². The molecule has 0 radical (unpaired) electrons. The predicted molar refractivity (Wildman–Crippen MR) is 68.3 cm³/mol. The maximum absolute atomic E-state index is 12.2. The van der Waals surface area contributed by atoms with Crippen molar-refractivity contribution in [3.05, 3.63) is 0 Å². The quantitative estimate of drug-likeness (QED) is 0.827. The van der Waals surface area contributed by atoms with E-state index < -0.39 is 9.84 Å². The molecule has 0 amide bonds. The Kier molecular flexibility index (Phi) is 4.80. The minimum absolute atomic E-state index is 0.132. The van der Waals surface area contributed by atoms with Crippen molar-refractivity contribution in [2.75, 3.05) is 12.3 Å². The van der Waals surface area contributed by atoms with Crippen molar-refractivity contribution < 1.29 is 8.42 Å². The lowest BCUT2D eigenvalue weighted by atomic mass is 9.95. The molecule has 2 unspecified atom stereocenters. The van der Waals surface area contributed by atoms with Crippen molar-refractivity contribution >= 4 is 9.84 Å². The summed E-state index contributed by atoms with van der Waals surface area (Å²) in [7, 11) is -2.92. The summed E-state index contributed by atoms with van der Waals surface area (Å²) in [5, 5.41) is 3.21. The third-order valence-electron chi connectivity index (χ3n) is 3.21. The molecule has 4 heteroatoms. The molecule has 1 fully saturated rings. The first-order chi connectivity index (χ1) is 7.34. The van der Waals surface area contributed by atoms with Crippen LogP contribution in [-0.4, -0.2) is 32.0 Å². The average molecular weight is 247 g/mol. The number of sulfone groups is 1. The molecule has 0 aromatic heterocycles. The van der Waals surface area contributed by atoms with Gasteiger partial charge in [-0.3, -0.25) is 0 Å². The van der Waals surface area contributed by atoms with Crippen LogP contribution >= 0.6 is 0 Å². The number of hydrogen-bond acceptors (Lipinski definition) is 3. The number of nitrogens with one attached hydrogen (secondary N) is 1. The second-order valence-corrected chi connectivity index (χ2v) is 7.90. The smallest absolute Gasteiger partial charge is 0.154 e. The third-order valence-corrected chi connectivity index (χ3v) is 5.77. The highest BCUT2D eigenvalue weighted by atomic mass is 32.2. The van der Waals surface area contributed by atoms with E-state index in [1.54, 1.807) is 0 Å². The lowest BCUT2D eigenvalue weighted by molar-refractivity contribution is 0.367. The fourth-order valence-corrected chi connectivity index (χ4v) is 5.02. The first-order valence-corrected chi connectivity index (χ1v) is 8.01. The summed E-state index contributed by atoms with van der Waals surface area (Å²) < 4.78 is 24.4. The SMILES string of the molecule is CC(C)CC1NCCCS(=O)(=O)C1C(C)C. The van der Waals surface area contributed by atoms with Gasteiger partial charge in [0.25, 0.3) is 0 Å². The van der Waals surface area contributed by atoms with Gasteiger partial charge in [0, 0.05) is 6.04 Å². The molecule has 96 valence electrons. The number of hydrogen-bond donors (Lipinski definition) is 1. The molecule has 2 atom stereocenters. The molecule has 1 heterocycles. The molecule has 1 rings (SSSR count). The topological polar surface area (TPSA) is 46.2 Å². The Bertz CT molecular complexity index is 309. The largest absolute Gasteiger partial charge is 0.313 e. The molecule has 1 aliphatic heterocycles. The van der Waals surface area contributed by atoms with E-state index in [-0.39, 0.29) is 17.2 Å². The molecule has 0 bridgehead atoms. The van der Waals surface area contributed by atoms with Gasteiger partial charge in [-0.1, -0.05) is 27.7 Å². The van der Waals surface area contributed by atoms with E-state index in [2.05, 4.69) is 19.2 Å². The maximum atomic E-state index is 12.2. The molecular weight excluding hydrogens is 222 g/mol. The van der Waals surface area contributed by atoms with Crippen LogP contribution in [0.3, 0.4) is 0 Å². The number of rotatable bonds is 3. The van der Waals surface area contributed by atoms with Gasteiger partial charge < -0.3 is 5.32 Å². The van der Waals surface area contributed by atoms with Gasteiger partial charge in [0.15, 0.2) is 9.84 Å². The summed E-state index contributed by atoms with van der Waals surface area (Å²) in [6, 6.07) is 0.132. The minimum atomic E-state index is -2.92. The van der Waals surface area contributed by atoms with E-state index in [0.29, 0.717) is 11.7 Å².